The highest BCUT2D eigenvalue weighted by molar-refractivity contribution is 6.30. The molecule has 7 nitrogen and oxygen atoms in total. The lowest BCUT2D eigenvalue weighted by Gasteiger charge is -2.13. The molecule has 0 aliphatic rings. The van der Waals surface area contributed by atoms with Crippen LogP contribution >= 0.6 is 11.6 Å². The lowest BCUT2D eigenvalue weighted by molar-refractivity contribution is 0.324. The number of halogens is 1. The minimum Gasteiger partial charge on any atom is -0.496 e. The van der Waals surface area contributed by atoms with Crippen molar-refractivity contribution in [2.75, 3.05) is 28.4 Å². The Morgan fingerprint density at radius 1 is 0.808 bits per heavy atom. The van der Waals surface area contributed by atoms with Gasteiger partial charge in [0.15, 0.2) is 11.5 Å². The molecule has 0 saturated heterocycles. The van der Waals surface area contributed by atoms with Gasteiger partial charge in [0.2, 0.25) is 11.6 Å². The Labute approximate surface area is 155 Å². The highest BCUT2D eigenvalue weighted by Gasteiger charge is 2.22. The van der Waals surface area contributed by atoms with Crippen molar-refractivity contribution in [1.29, 1.82) is 0 Å². The van der Waals surface area contributed by atoms with Gasteiger partial charge in [0.05, 0.1) is 39.6 Å². The maximum atomic E-state index is 6.08. The average molecular weight is 377 g/mol. The van der Waals surface area contributed by atoms with Gasteiger partial charge in [-0.05, 0) is 30.3 Å². The Hall–Kier alpha value is -2.93. The van der Waals surface area contributed by atoms with E-state index in [2.05, 4.69) is 10.1 Å². The van der Waals surface area contributed by atoms with Gasteiger partial charge >= 0.3 is 0 Å². The summed E-state index contributed by atoms with van der Waals surface area (Å²) < 4.78 is 26.9. The molecule has 0 amide bonds. The van der Waals surface area contributed by atoms with Gasteiger partial charge in [-0.2, -0.15) is 4.98 Å². The molecule has 8 heteroatoms. The van der Waals surface area contributed by atoms with E-state index < -0.39 is 0 Å². The van der Waals surface area contributed by atoms with Crippen LogP contribution in [0.25, 0.3) is 22.8 Å². The molecular formula is C18H17ClN2O5. The van der Waals surface area contributed by atoms with Gasteiger partial charge in [-0.25, -0.2) is 0 Å². The summed E-state index contributed by atoms with van der Waals surface area (Å²) >= 11 is 6.08. The van der Waals surface area contributed by atoms with Crippen LogP contribution in [0.5, 0.6) is 23.0 Å². The van der Waals surface area contributed by atoms with Crippen molar-refractivity contribution < 1.29 is 23.5 Å². The van der Waals surface area contributed by atoms with Crippen LogP contribution < -0.4 is 18.9 Å². The summed E-state index contributed by atoms with van der Waals surface area (Å²) in [7, 11) is 6.16. The summed E-state index contributed by atoms with van der Waals surface area (Å²) in [6, 6.07) is 8.67. The number of rotatable bonds is 6. The van der Waals surface area contributed by atoms with E-state index >= 15 is 0 Å². The highest BCUT2D eigenvalue weighted by Crippen LogP contribution is 2.44. The summed E-state index contributed by atoms with van der Waals surface area (Å²) in [6.45, 7) is 0. The molecule has 0 bridgehead atoms. The third-order valence-corrected chi connectivity index (χ3v) is 4.00. The summed E-state index contributed by atoms with van der Waals surface area (Å²) in [6.07, 6.45) is 0. The number of benzene rings is 2. The fourth-order valence-electron chi connectivity index (χ4n) is 2.57. The molecule has 0 unspecified atom stereocenters. The van der Waals surface area contributed by atoms with Gasteiger partial charge in [0.25, 0.3) is 5.89 Å². The first-order valence-electron chi connectivity index (χ1n) is 7.59. The molecule has 2 aromatic carbocycles. The van der Waals surface area contributed by atoms with E-state index in [1.807, 2.05) is 0 Å². The summed E-state index contributed by atoms with van der Waals surface area (Å²) in [5.74, 6) is 2.59. The molecule has 0 atom stereocenters. The van der Waals surface area contributed by atoms with Gasteiger partial charge in [-0.15, -0.1) is 0 Å². The third kappa shape index (κ3) is 3.13. The van der Waals surface area contributed by atoms with Crippen LogP contribution in [0.1, 0.15) is 0 Å². The number of hydrogen-bond acceptors (Lipinski definition) is 7. The Kier molecular flexibility index (Phi) is 5.18. The van der Waals surface area contributed by atoms with Gasteiger partial charge in [-0.3, -0.25) is 0 Å². The van der Waals surface area contributed by atoms with Crippen LogP contribution in [-0.2, 0) is 0 Å². The number of methoxy groups -OCH3 is 4. The van der Waals surface area contributed by atoms with Crippen LogP contribution in [0, 0.1) is 0 Å². The highest BCUT2D eigenvalue weighted by atomic mass is 35.5. The Morgan fingerprint density at radius 3 is 2.15 bits per heavy atom. The van der Waals surface area contributed by atoms with Crippen molar-refractivity contribution in [1.82, 2.24) is 10.1 Å². The molecule has 0 aliphatic heterocycles. The van der Waals surface area contributed by atoms with Crippen LogP contribution in [0.15, 0.2) is 34.9 Å². The standard InChI is InChI=1S/C18H17ClN2O5/c1-22-13-7-5-10(19)9-12(13)17-20-18(26-21-17)11-6-8-14(23-2)16(25-4)15(11)24-3/h5-9H,1-4H3. The van der Waals surface area contributed by atoms with Crippen LogP contribution in [0.4, 0.5) is 0 Å². The molecular weight excluding hydrogens is 360 g/mol. The molecule has 0 saturated carbocycles. The van der Waals surface area contributed by atoms with Crippen molar-refractivity contribution in [2.45, 2.75) is 0 Å². The lowest BCUT2D eigenvalue weighted by atomic mass is 10.1. The predicted octanol–water partition coefficient (Wildman–Crippen LogP) is 4.09. The topological polar surface area (TPSA) is 75.8 Å². The zero-order valence-electron chi connectivity index (χ0n) is 14.7. The van der Waals surface area contributed by atoms with Crippen molar-refractivity contribution in [3.8, 4) is 45.8 Å². The Morgan fingerprint density at radius 2 is 1.50 bits per heavy atom. The molecule has 0 N–H and O–H groups in total. The quantitative estimate of drug-likeness (QED) is 0.641. The third-order valence-electron chi connectivity index (χ3n) is 3.76. The molecule has 0 radical (unpaired) electrons. The van der Waals surface area contributed by atoms with E-state index in [0.29, 0.717) is 45.0 Å². The zero-order chi connectivity index (χ0) is 18.7. The predicted molar refractivity (Wildman–Crippen MR) is 96.4 cm³/mol. The fraction of sp³-hybridized carbons (Fsp3) is 0.222. The van der Waals surface area contributed by atoms with Gasteiger partial charge in [0.1, 0.15) is 5.75 Å². The maximum Gasteiger partial charge on any atom is 0.262 e. The Balaban J connectivity index is 2.10. The molecule has 3 aromatic rings. The number of aromatic nitrogens is 2. The molecule has 3 rings (SSSR count). The van der Waals surface area contributed by atoms with Crippen molar-refractivity contribution in [3.05, 3.63) is 35.4 Å². The molecule has 0 fully saturated rings. The van der Waals surface area contributed by atoms with Gasteiger partial charge < -0.3 is 23.5 Å². The molecule has 136 valence electrons. The van der Waals surface area contributed by atoms with Gasteiger partial charge in [-0.1, -0.05) is 16.8 Å². The normalized spacial score (nSPS) is 10.5. The smallest absolute Gasteiger partial charge is 0.262 e. The second-order valence-corrected chi connectivity index (χ2v) is 5.59. The zero-order valence-corrected chi connectivity index (χ0v) is 15.5. The number of ether oxygens (including phenoxy) is 4. The van der Waals surface area contributed by atoms with E-state index in [0.717, 1.165) is 0 Å². The minimum atomic E-state index is 0.264. The van der Waals surface area contributed by atoms with E-state index in [-0.39, 0.29) is 5.89 Å². The lowest BCUT2D eigenvalue weighted by Crippen LogP contribution is -1.97. The Bertz CT molecular complexity index is 926. The first kappa shape index (κ1) is 17.9. The molecule has 26 heavy (non-hydrogen) atoms. The van der Waals surface area contributed by atoms with Crippen LogP contribution in [0.3, 0.4) is 0 Å². The summed E-state index contributed by atoms with van der Waals surface area (Å²) in [4.78, 5) is 4.45. The van der Waals surface area contributed by atoms with E-state index in [1.54, 1.807) is 44.6 Å². The summed E-state index contributed by atoms with van der Waals surface area (Å²) in [5, 5.41) is 4.57. The first-order chi connectivity index (χ1) is 12.6. The van der Waals surface area contributed by atoms with E-state index in [1.165, 1.54) is 14.2 Å². The summed E-state index contributed by atoms with van der Waals surface area (Å²) in [5.41, 5.74) is 1.19. The van der Waals surface area contributed by atoms with Crippen molar-refractivity contribution >= 4 is 11.6 Å². The first-order valence-corrected chi connectivity index (χ1v) is 7.97. The SMILES string of the molecule is COc1ccc(Cl)cc1-c1noc(-c2ccc(OC)c(OC)c2OC)n1. The second-order valence-electron chi connectivity index (χ2n) is 5.15. The van der Waals surface area contributed by atoms with Crippen molar-refractivity contribution in [3.63, 3.8) is 0 Å². The molecule has 1 heterocycles. The second kappa shape index (κ2) is 7.53. The fourth-order valence-corrected chi connectivity index (χ4v) is 2.74. The average Bonchev–Trinajstić information content (AvgIpc) is 3.16. The van der Waals surface area contributed by atoms with Crippen LogP contribution in [0.2, 0.25) is 5.02 Å². The number of hydrogen-bond donors (Lipinski definition) is 0. The molecule has 1 aromatic heterocycles. The molecule has 0 aliphatic carbocycles. The van der Waals surface area contributed by atoms with Crippen LogP contribution in [-0.4, -0.2) is 38.6 Å². The van der Waals surface area contributed by atoms with E-state index in [9.17, 15) is 0 Å². The number of nitrogens with zero attached hydrogens (tertiary/aromatic N) is 2. The van der Waals surface area contributed by atoms with Crippen molar-refractivity contribution in [2.24, 2.45) is 0 Å². The maximum absolute atomic E-state index is 6.08. The van der Waals surface area contributed by atoms with E-state index in [4.69, 9.17) is 35.1 Å². The minimum absolute atomic E-state index is 0.264. The monoisotopic (exact) mass is 376 g/mol. The molecule has 0 spiro atoms. The van der Waals surface area contributed by atoms with Gasteiger partial charge in [0, 0.05) is 5.02 Å². The largest absolute Gasteiger partial charge is 0.496 e.